The second-order valence-corrected chi connectivity index (χ2v) is 5.80. The van der Waals surface area contributed by atoms with Gasteiger partial charge in [0.2, 0.25) is 0 Å². The van der Waals surface area contributed by atoms with Crippen molar-refractivity contribution in [3.8, 4) is 0 Å². The molecule has 5 nitrogen and oxygen atoms in total. The Labute approximate surface area is 132 Å². The normalized spacial score (nSPS) is 12.7. The highest BCUT2D eigenvalue weighted by atomic mass is 19.4. The molecule has 0 bridgehead atoms. The van der Waals surface area contributed by atoms with E-state index in [0.717, 1.165) is 12.1 Å². The monoisotopic (exact) mass is 332 g/mol. The second-order valence-electron chi connectivity index (χ2n) is 5.80. The zero-order valence-corrected chi connectivity index (χ0v) is 13.5. The number of hydrogen-bond donors (Lipinski definition) is 3. The number of alkyl halides is 3. The lowest BCUT2D eigenvalue weighted by atomic mass is 10.1. The van der Waals surface area contributed by atoms with Crippen LogP contribution in [0.4, 0.5) is 18.9 Å². The van der Waals surface area contributed by atoms with E-state index in [1.165, 1.54) is 12.1 Å². The van der Waals surface area contributed by atoms with E-state index in [4.69, 9.17) is 4.74 Å². The Bertz CT molecular complexity index is 578. The third-order valence-electron chi connectivity index (χ3n) is 2.50. The van der Waals surface area contributed by atoms with Crippen LogP contribution >= 0.6 is 0 Å². The first-order valence-electron chi connectivity index (χ1n) is 7.04. The van der Waals surface area contributed by atoms with Crippen LogP contribution in [0.15, 0.2) is 24.3 Å². The van der Waals surface area contributed by atoms with Gasteiger partial charge in [0.15, 0.2) is 0 Å². The van der Waals surface area contributed by atoms with Gasteiger partial charge >= 0.3 is 18.0 Å². The Morgan fingerprint density at radius 1 is 1.26 bits per heavy atom. The van der Waals surface area contributed by atoms with Crippen molar-refractivity contribution in [2.75, 3.05) is 12.0 Å². The van der Waals surface area contributed by atoms with Gasteiger partial charge in [0, 0.05) is 0 Å². The highest BCUT2D eigenvalue weighted by Gasteiger charge is 2.30. The molecule has 0 fully saturated rings. The van der Waals surface area contributed by atoms with Gasteiger partial charge in [-0.2, -0.15) is 18.6 Å². The third kappa shape index (κ3) is 6.58. The largest absolute Gasteiger partial charge is 0.457 e. The first kappa shape index (κ1) is 18.8. The van der Waals surface area contributed by atoms with Gasteiger partial charge in [-0.15, -0.1) is 0 Å². The minimum absolute atomic E-state index is 0.0109. The molecule has 128 valence electrons. The topological polar surface area (TPSA) is 64.3 Å². The van der Waals surface area contributed by atoms with E-state index in [0.29, 0.717) is 0 Å². The summed E-state index contributed by atoms with van der Waals surface area (Å²) in [5.74, 6) is -0.626. The van der Waals surface area contributed by atoms with Gasteiger partial charge in [-0.1, -0.05) is 6.07 Å². The van der Waals surface area contributed by atoms with Crippen molar-refractivity contribution in [3.05, 3.63) is 29.8 Å². The van der Waals surface area contributed by atoms with Crippen LogP contribution in [-0.4, -0.2) is 24.0 Å². The number of nitrogens with one attached hydrogen (secondary N) is 3. The first-order chi connectivity index (χ1) is 10.5. The molecule has 3 N–H and O–H groups in total. The number of carbonyl (C=O) groups excluding carboxylic acids is 1. The molecule has 0 saturated carbocycles. The molecule has 0 radical (unpaired) electrons. The van der Waals surface area contributed by atoms with Crippen molar-refractivity contribution in [2.24, 2.45) is 0 Å². The molecule has 8 heteroatoms. The van der Waals surface area contributed by atoms with E-state index >= 15 is 0 Å². The molecule has 0 aliphatic rings. The number of ether oxygens (including phenoxy) is 1. The molecule has 0 atom stereocenters. The van der Waals surface area contributed by atoms with Gasteiger partial charge in [0.25, 0.3) is 0 Å². The Balaban J connectivity index is 2.91. The molecule has 0 saturated heterocycles. The molecule has 23 heavy (non-hydrogen) atoms. The number of anilines is 1. The van der Waals surface area contributed by atoms with Gasteiger partial charge < -0.3 is 4.74 Å². The Hall–Kier alpha value is -2.25. The number of halogens is 3. The van der Waals surface area contributed by atoms with Gasteiger partial charge in [-0.05, 0) is 45.9 Å². The van der Waals surface area contributed by atoms with Crippen LogP contribution in [0.3, 0.4) is 0 Å². The molecule has 0 aliphatic carbocycles. The van der Waals surface area contributed by atoms with Crippen LogP contribution in [0.5, 0.6) is 0 Å². The standard InChI is InChI=1S/C15H20F3N3O2/c1-5-23-13(22)12(19-14(2,3)4)21-20-11-8-6-7-10(9-11)15(16,17)18/h6-9,20H,5H2,1-4H3,(H,19,21)/p+1. The van der Waals surface area contributed by atoms with Gasteiger partial charge in [-0.3, -0.25) is 4.99 Å². The number of amidine groups is 1. The zero-order chi connectivity index (χ0) is 17.7. The van der Waals surface area contributed by atoms with Gasteiger partial charge in [-0.25, -0.2) is 10.2 Å². The molecular weight excluding hydrogens is 311 g/mol. The zero-order valence-electron chi connectivity index (χ0n) is 13.5. The van der Waals surface area contributed by atoms with E-state index in [9.17, 15) is 18.0 Å². The van der Waals surface area contributed by atoms with Crippen molar-refractivity contribution in [1.29, 1.82) is 0 Å². The maximum Gasteiger partial charge on any atom is 0.423 e. The summed E-state index contributed by atoms with van der Waals surface area (Å²) in [6.45, 7) is 7.33. The molecule has 0 amide bonds. The molecule has 0 aromatic heterocycles. The fraction of sp³-hybridized carbons (Fsp3) is 0.467. The average molecular weight is 332 g/mol. The van der Waals surface area contributed by atoms with Crippen LogP contribution in [0, 0.1) is 0 Å². The van der Waals surface area contributed by atoms with E-state index in [1.807, 2.05) is 20.8 Å². The summed E-state index contributed by atoms with van der Waals surface area (Å²) in [6.07, 6.45) is -4.44. The fourth-order valence-corrected chi connectivity index (χ4v) is 1.62. The summed E-state index contributed by atoms with van der Waals surface area (Å²) in [7, 11) is 0. The number of rotatable bonds is 3. The predicted octanol–water partition coefficient (Wildman–Crippen LogP) is 1.46. The van der Waals surface area contributed by atoms with Gasteiger partial charge in [0.05, 0.1) is 23.4 Å². The number of hydrogen-bond acceptors (Lipinski definition) is 3. The maximum absolute atomic E-state index is 12.7. The first-order valence-corrected chi connectivity index (χ1v) is 7.04. The quantitative estimate of drug-likeness (QED) is 0.339. The summed E-state index contributed by atoms with van der Waals surface area (Å²) >= 11 is 0. The Morgan fingerprint density at radius 2 is 1.91 bits per heavy atom. The molecular formula is C15H21F3N3O2+. The smallest absolute Gasteiger partial charge is 0.423 e. The van der Waals surface area contributed by atoms with Crippen LogP contribution in [0.2, 0.25) is 0 Å². The van der Waals surface area contributed by atoms with E-state index < -0.39 is 23.2 Å². The minimum Gasteiger partial charge on any atom is -0.457 e. The predicted molar refractivity (Wildman–Crippen MR) is 80.6 cm³/mol. The van der Waals surface area contributed by atoms with Crippen LogP contribution in [-0.2, 0) is 15.7 Å². The summed E-state index contributed by atoms with van der Waals surface area (Å²) in [5, 5.41) is 0. The van der Waals surface area contributed by atoms with E-state index in [1.54, 1.807) is 6.92 Å². The van der Waals surface area contributed by atoms with Crippen molar-refractivity contribution < 1.29 is 27.7 Å². The number of carbonyl (C=O) groups is 1. The molecule has 1 aromatic carbocycles. The summed E-state index contributed by atoms with van der Waals surface area (Å²) in [4.78, 5) is 14.8. The highest BCUT2D eigenvalue weighted by Crippen LogP contribution is 2.30. The summed E-state index contributed by atoms with van der Waals surface area (Å²) in [6, 6.07) is 4.62. The van der Waals surface area contributed by atoms with Crippen molar-refractivity contribution >= 4 is 17.5 Å². The molecule has 1 rings (SSSR count). The van der Waals surface area contributed by atoms with E-state index in [-0.39, 0.29) is 18.1 Å². The summed E-state index contributed by atoms with van der Waals surface area (Å²) in [5.41, 5.74) is 4.08. The van der Waals surface area contributed by atoms with Gasteiger partial charge in [0.1, 0.15) is 0 Å². The number of benzene rings is 1. The third-order valence-corrected chi connectivity index (χ3v) is 2.50. The lowest BCUT2D eigenvalue weighted by Gasteiger charge is -2.13. The maximum atomic E-state index is 12.7. The van der Waals surface area contributed by atoms with Crippen LogP contribution in [0.1, 0.15) is 33.3 Å². The van der Waals surface area contributed by atoms with E-state index in [2.05, 4.69) is 15.8 Å². The average Bonchev–Trinajstić information content (AvgIpc) is 2.42. The van der Waals surface area contributed by atoms with Crippen LogP contribution < -0.4 is 15.8 Å². The number of hydrazine groups is 1. The molecule has 0 aliphatic heterocycles. The molecule has 0 unspecified atom stereocenters. The molecule has 0 spiro atoms. The van der Waals surface area contributed by atoms with Crippen LogP contribution in [0.25, 0.3) is 0 Å². The second kappa shape index (κ2) is 7.34. The molecule has 1 aromatic rings. The highest BCUT2D eigenvalue weighted by molar-refractivity contribution is 6.32. The minimum atomic E-state index is -4.44. The Kier molecular flexibility index (Phi) is 6.00. The van der Waals surface area contributed by atoms with Crippen molar-refractivity contribution in [1.82, 2.24) is 5.43 Å². The van der Waals surface area contributed by atoms with Crippen molar-refractivity contribution in [3.63, 3.8) is 0 Å². The lowest BCUT2D eigenvalue weighted by molar-refractivity contribution is -0.539. The number of esters is 1. The van der Waals surface area contributed by atoms with Crippen molar-refractivity contribution in [2.45, 2.75) is 39.4 Å². The SMILES string of the molecule is CCOC(=O)C(NNc1cccc(C(F)(F)F)c1)=[NH+]C(C)(C)C. The Morgan fingerprint density at radius 3 is 2.43 bits per heavy atom. The lowest BCUT2D eigenvalue weighted by Crippen LogP contribution is -2.88. The molecule has 0 heterocycles. The fourth-order valence-electron chi connectivity index (χ4n) is 1.62. The summed E-state index contributed by atoms with van der Waals surface area (Å²) < 4.78 is 42.9.